The third-order valence-corrected chi connectivity index (χ3v) is 5.44. The van der Waals surface area contributed by atoms with Crippen LogP contribution in [0.25, 0.3) is 0 Å². The van der Waals surface area contributed by atoms with Gasteiger partial charge in [0.15, 0.2) is 5.96 Å². The molecule has 0 unspecified atom stereocenters. The third kappa shape index (κ3) is 7.61. The molecule has 0 bridgehead atoms. The standard InChI is InChI=1S/C24H30N4OS/c1-3-25-24(26-14-13-23-27-15-19(2)30-23)28-16-20-9-11-22(12-10-20)18-29-17-21-7-5-4-6-8-21/h4-12,15H,3,13-14,16-18H2,1-2H3,(H2,25,26,28). The number of aryl methyl sites for hydroxylation is 1. The molecule has 158 valence electrons. The Kier molecular flexibility index (Phi) is 8.87. The van der Waals surface area contributed by atoms with Crippen LogP contribution in [0.3, 0.4) is 0 Å². The number of rotatable bonds is 10. The van der Waals surface area contributed by atoms with Gasteiger partial charge in [0.05, 0.1) is 24.8 Å². The van der Waals surface area contributed by atoms with Crippen LogP contribution in [0.4, 0.5) is 0 Å². The normalized spacial score (nSPS) is 11.5. The lowest BCUT2D eigenvalue weighted by molar-refractivity contribution is 0.107. The molecule has 0 aliphatic heterocycles. The highest BCUT2D eigenvalue weighted by Crippen LogP contribution is 2.11. The van der Waals surface area contributed by atoms with E-state index in [-0.39, 0.29) is 0 Å². The summed E-state index contributed by atoms with van der Waals surface area (Å²) >= 11 is 1.75. The lowest BCUT2D eigenvalue weighted by atomic mass is 10.1. The number of thiazole rings is 1. The van der Waals surface area contributed by atoms with Crippen molar-refractivity contribution in [1.82, 2.24) is 15.6 Å². The zero-order valence-corrected chi connectivity index (χ0v) is 18.5. The average Bonchev–Trinajstić information content (AvgIpc) is 3.19. The molecule has 2 aromatic carbocycles. The Morgan fingerprint density at radius 3 is 2.33 bits per heavy atom. The Labute approximate surface area is 183 Å². The van der Waals surface area contributed by atoms with Crippen molar-refractivity contribution in [2.45, 2.75) is 40.0 Å². The first-order valence-corrected chi connectivity index (χ1v) is 11.2. The second-order valence-corrected chi connectivity index (χ2v) is 8.35. The zero-order chi connectivity index (χ0) is 21.0. The van der Waals surface area contributed by atoms with Crippen molar-refractivity contribution in [3.63, 3.8) is 0 Å². The largest absolute Gasteiger partial charge is 0.372 e. The molecular weight excluding hydrogens is 392 g/mol. The molecule has 0 saturated carbocycles. The minimum absolute atomic E-state index is 0.610. The van der Waals surface area contributed by atoms with E-state index in [1.165, 1.54) is 21.6 Å². The summed E-state index contributed by atoms with van der Waals surface area (Å²) in [7, 11) is 0. The van der Waals surface area contributed by atoms with Gasteiger partial charge in [0, 0.05) is 30.6 Å². The molecule has 0 radical (unpaired) electrons. The monoisotopic (exact) mass is 422 g/mol. The molecular formula is C24H30N4OS. The summed E-state index contributed by atoms with van der Waals surface area (Å²) in [6.45, 7) is 7.68. The molecule has 0 aliphatic rings. The fraction of sp³-hybridized carbons (Fsp3) is 0.333. The highest BCUT2D eigenvalue weighted by Gasteiger charge is 2.02. The van der Waals surface area contributed by atoms with Crippen molar-refractivity contribution in [2.75, 3.05) is 13.1 Å². The first-order chi connectivity index (χ1) is 14.7. The van der Waals surface area contributed by atoms with Crippen molar-refractivity contribution < 1.29 is 4.74 Å². The highest BCUT2D eigenvalue weighted by molar-refractivity contribution is 7.11. The first kappa shape index (κ1) is 22.0. The summed E-state index contributed by atoms with van der Waals surface area (Å²) < 4.78 is 5.81. The van der Waals surface area contributed by atoms with Crippen LogP contribution >= 0.6 is 11.3 Å². The molecule has 30 heavy (non-hydrogen) atoms. The van der Waals surface area contributed by atoms with Crippen LogP contribution in [0.1, 0.15) is 33.5 Å². The molecule has 0 amide bonds. The Morgan fingerprint density at radius 2 is 1.67 bits per heavy atom. The van der Waals surface area contributed by atoms with Gasteiger partial charge in [-0.1, -0.05) is 54.6 Å². The van der Waals surface area contributed by atoms with Crippen molar-refractivity contribution in [3.05, 3.63) is 87.4 Å². The molecule has 5 nitrogen and oxygen atoms in total. The van der Waals surface area contributed by atoms with Gasteiger partial charge in [-0.25, -0.2) is 9.98 Å². The number of hydrogen-bond donors (Lipinski definition) is 2. The Bertz CT molecular complexity index is 906. The van der Waals surface area contributed by atoms with Gasteiger partial charge in [0.1, 0.15) is 0 Å². The van der Waals surface area contributed by atoms with Crippen molar-refractivity contribution in [2.24, 2.45) is 4.99 Å². The maximum absolute atomic E-state index is 5.81. The van der Waals surface area contributed by atoms with Crippen molar-refractivity contribution >= 4 is 17.3 Å². The number of hydrogen-bond acceptors (Lipinski definition) is 4. The molecule has 1 heterocycles. The molecule has 2 N–H and O–H groups in total. The molecule has 3 rings (SSSR count). The van der Waals surface area contributed by atoms with Crippen molar-refractivity contribution in [1.29, 1.82) is 0 Å². The van der Waals surface area contributed by atoms with Gasteiger partial charge in [-0.15, -0.1) is 11.3 Å². The number of aliphatic imine (C=N–C) groups is 1. The Hall–Kier alpha value is -2.70. The van der Waals surface area contributed by atoms with E-state index in [1.54, 1.807) is 11.3 Å². The topological polar surface area (TPSA) is 58.5 Å². The van der Waals surface area contributed by atoms with Gasteiger partial charge in [-0.2, -0.15) is 0 Å². The summed E-state index contributed by atoms with van der Waals surface area (Å²) in [4.78, 5) is 10.4. The maximum atomic E-state index is 5.81. The SMILES string of the molecule is CCNC(=NCc1ccc(COCc2ccccc2)cc1)NCCc1ncc(C)s1. The second kappa shape index (κ2) is 12.1. The van der Waals surface area contributed by atoms with Gasteiger partial charge in [0.2, 0.25) is 0 Å². The maximum Gasteiger partial charge on any atom is 0.191 e. The van der Waals surface area contributed by atoms with Crippen molar-refractivity contribution in [3.8, 4) is 0 Å². The zero-order valence-electron chi connectivity index (χ0n) is 17.7. The summed E-state index contributed by atoms with van der Waals surface area (Å²) in [5, 5.41) is 7.84. The Morgan fingerprint density at radius 1 is 0.967 bits per heavy atom. The van der Waals surface area contributed by atoms with Crippen LogP contribution in [-0.4, -0.2) is 24.0 Å². The van der Waals surface area contributed by atoms with Gasteiger partial charge in [0.25, 0.3) is 0 Å². The van der Waals surface area contributed by atoms with Crippen LogP contribution < -0.4 is 10.6 Å². The van der Waals surface area contributed by atoms with E-state index in [1.807, 2.05) is 24.4 Å². The summed E-state index contributed by atoms with van der Waals surface area (Å²) in [6, 6.07) is 18.7. The van der Waals surface area contributed by atoms with Gasteiger partial charge >= 0.3 is 0 Å². The number of nitrogens with one attached hydrogen (secondary N) is 2. The van der Waals surface area contributed by atoms with E-state index < -0.39 is 0 Å². The minimum atomic E-state index is 0.610. The van der Waals surface area contributed by atoms with Gasteiger partial charge < -0.3 is 15.4 Å². The summed E-state index contributed by atoms with van der Waals surface area (Å²) in [6.07, 6.45) is 2.83. The molecule has 0 fully saturated rings. The lowest BCUT2D eigenvalue weighted by Crippen LogP contribution is -2.38. The smallest absolute Gasteiger partial charge is 0.191 e. The lowest BCUT2D eigenvalue weighted by Gasteiger charge is -2.11. The Balaban J connectivity index is 1.44. The fourth-order valence-electron chi connectivity index (χ4n) is 2.92. The highest BCUT2D eigenvalue weighted by atomic mass is 32.1. The van der Waals surface area contributed by atoms with E-state index >= 15 is 0 Å². The molecule has 6 heteroatoms. The quantitative estimate of drug-likeness (QED) is 0.374. The van der Waals surface area contributed by atoms with E-state index in [0.29, 0.717) is 19.8 Å². The molecule has 0 spiro atoms. The second-order valence-electron chi connectivity index (χ2n) is 7.03. The predicted octanol–water partition coefficient (Wildman–Crippen LogP) is 4.47. The number of benzene rings is 2. The molecule has 3 aromatic rings. The van der Waals surface area contributed by atoms with Crippen LogP contribution in [0.15, 0.2) is 65.8 Å². The van der Waals surface area contributed by atoms with E-state index in [4.69, 9.17) is 9.73 Å². The number of ether oxygens (including phenoxy) is 1. The predicted molar refractivity (Wildman–Crippen MR) is 125 cm³/mol. The van der Waals surface area contributed by atoms with Crippen LogP contribution in [0.5, 0.6) is 0 Å². The van der Waals surface area contributed by atoms with Crippen LogP contribution in [-0.2, 0) is 30.9 Å². The first-order valence-electron chi connectivity index (χ1n) is 10.4. The van der Waals surface area contributed by atoms with Gasteiger partial charge in [-0.05, 0) is 30.5 Å². The fourth-order valence-corrected chi connectivity index (χ4v) is 3.71. The van der Waals surface area contributed by atoms with E-state index in [9.17, 15) is 0 Å². The molecule has 1 aromatic heterocycles. The third-order valence-electron chi connectivity index (χ3n) is 4.47. The number of nitrogens with zero attached hydrogens (tertiary/aromatic N) is 2. The van der Waals surface area contributed by atoms with E-state index in [0.717, 1.165) is 30.5 Å². The molecule has 0 atom stereocenters. The number of aromatic nitrogens is 1. The van der Waals surface area contributed by atoms with Gasteiger partial charge in [-0.3, -0.25) is 0 Å². The minimum Gasteiger partial charge on any atom is -0.372 e. The van der Waals surface area contributed by atoms with Crippen LogP contribution in [0.2, 0.25) is 0 Å². The molecule has 0 saturated heterocycles. The number of guanidine groups is 1. The molecule has 0 aliphatic carbocycles. The summed E-state index contributed by atoms with van der Waals surface area (Å²) in [5.41, 5.74) is 3.54. The van der Waals surface area contributed by atoms with Crippen LogP contribution in [0, 0.1) is 6.92 Å². The average molecular weight is 423 g/mol. The summed E-state index contributed by atoms with van der Waals surface area (Å²) in [5.74, 6) is 0.834. The van der Waals surface area contributed by atoms with E-state index in [2.05, 4.69) is 65.9 Å².